The number of halogens is 2. The molecule has 2 nitrogen and oxygen atoms in total. The zero-order valence-electron chi connectivity index (χ0n) is 10.4. The summed E-state index contributed by atoms with van der Waals surface area (Å²) in [5, 5.41) is 12.6. The van der Waals surface area contributed by atoms with Crippen molar-refractivity contribution in [3.63, 3.8) is 0 Å². The quantitative estimate of drug-likeness (QED) is 0.907. The molecule has 2 aromatic rings. The first-order valence-electron chi connectivity index (χ1n) is 5.78. The highest BCUT2D eigenvalue weighted by Crippen LogP contribution is 2.20. The molecule has 1 N–H and O–H groups in total. The molecular weight excluding hydrogens is 263 g/mol. The summed E-state index contributed by atoms with van der Waals surface area (Å²) < 4.78 is 13.2. The molecule has 4 heteroatoms. The summed E-state index contributed by atoms with van der Waals surface area (Å²) in [6, 6.07) is 12.1. The van der Waals surface area contributed by atoms with Gasteiger partial charge in [-0.15, -0.1) is 0 Å². The van der Waals surface area contributed by atoms with Gasteiger partial charge in [0.2, 0.25) is 0 Å². The molecule has 0 saturated heterocycles. The minimum absolute atomic E-state index is 0.363. The van der Waals surface area contributed by atoms with E-state index in [4.69, 9.17) is 16.9 Å². The summed E-state index contributed by atoms with van der Waals surface area (Å²) in [5.74, 6) is -0.367. The number of nitriles is 1. The normalized spacial score (nSPS) is 10.0. The van der Waals surface area contributed by atoms with Crippen LogP contribution in [0.3, 0.4) is 0 Å². The van der Waals surface area contributed by atoms with Crippen LogP contribution in [0, 0.1) is 24.1 Å². The molecule has 19 heavy (non-hydrogen) atoms. The van der Waals surface area contributed by atoms with E-state index in [9.17, 15) is 4.39 Å². The Balaban J connectivity index is 2.19. The Kier molecular flexibility index (Phi) is 4.03. The van der Waals surface area contributed by atoms with Gasteiger partial charge in [0.25, 0.3) is 0 Å². The molecule has 0 aliphatic carbocycles. The molecule has 0 aliphatic heterocycles. The highest BCUT2D eigenvalue weighted by molar-refractivity contribution is 6.30. The lowest BCUT2D eigenvalue weighted by atomic mass is 10.1. The van der Waals surface area contributed by atoms with Crippen molar-refractivity contribution in [3.05, 3.63) is 63.9 Å². The standard InChI is InChI=1S/C15H12ClFN2/c1-10-3-2-4-15(14(10)8-18)19-9-11-5-12(16)7-13(17)6-11/h2-7,19H,9H2,1H3. The van der Waals surface area contributed by atoms with E-state index in [1.54, 1.807) is 6.07 Å². The van der Waals surface area contributed by atoms with Crippen LogP contribution in [0.2, 0.25) is 5.02 Å². The Labute approximate surface area is 116 Å². The largest absolute Gasteiger partial charge is 0.380 e. The third kappa shape index (κ3) is 3.24. The van der Waals surface area contributed by atoms with Crippen LogP contribution >= 0.6 is 11.6 Å². The summed E-state index contributed by atoms with van der Waals surface area (Å²) >= 11 is 5.80. The Hall–Kier alpha value is -2.05. The predicted octanol–water partition coefficient (Wildman–Crippen LogP) is 4.27. The van der Waals surface area contributed by atoms with Crippen molar-refractivity contribution < 1.29 is 4.39 Å². The second-order valence-electron chi connectivity index (χ2n) is 4.24. The maximum absolute atomic E-state index is 13.2. The number of rotatable bonds is 3. The average molecular weight is 275 g/mol. The van der Waals surface area contributed by atoms with Crippen molar-refractivity contribution in [2.75, 3.05) is 5.32 Å². The molecule has 0 bridgehead atoms. The molecule has 0 amide bonds. The van der Waals surface area contributed by atoms with Gasteiger partial charge in [0.15, 0.2) is 0 Å². The minimum atomic E-state index is -0.367. The van der Waals surface area contributed by atoms with Gasteiger partial charge >= 0.3 is 0 Å². The molecule has 0 atom stereocenters. The maximum atomic E-state index is 13.2. The van der Waals surface area contributed by atoms with Crippen LogP contribution < -0.4 is 5.32 Å². The minimum Gasteiger partial charge on any atom is -0.380 e. The topological polar surface area (TPSA) is 35.8 Å². The van der Waals surface area contributed by atoms with Crippen molar-refractivity contribution in [1.29, 1.82) is 5.26 Å². The lowest BCUT2D eigenvalue weighted by Crippen LogP contribution is -2.02. The molecule has 0 radical (unpaired) electrons. The van der Waals surface area contributed by atoms with Gasteiger partial charge in [0.1, 0.15) is 11.9 Å². The Morgan fingerprint density at radius 3 is 2.79 bits per heavy atom. The van der Waals surface area contributed by atoms with Gasteiger partial charge < -0.3 is 5.32 Å². The first kappa shape index (κ1) is 13.4. The van der Waals surface area contributed by atoms with E-state index in [-0.39, 0.29) is 5.82 Å². The van der Waals surface area contributed by atoms with Crippen LogP contribution in [0.5, 0.6) is 0 Å². The fraction of sp³-hybridized carbons (Fsp3) is 0.133. The highest BCUT2D eigenvalue weighted by Gasteiger charge is 2.05. The van der Waals surface area contributed by atoms with Crippen molar-refractivity contribution in [2.24, 2.45) is 0 Å². The Morgan fingerprint density at radius 2 is 2.11 bits per heavy atom. The number of aryl methyl sites for hydroxylation is 1. The van der Waals surface area contributed by atoms with Gasteiger partial charge in [-0.05, 0) is 42.3 Å². The highest BCUT2D eigenvalue weighted by atomic mass is 35.5. The third-order valence-electron chi connectivity index (χ3n) is 2.79. The van der Waals surface area contributed by atoms with Crippen LogP contribution in [0.4, 0.5) is 10.1 Å². The van der Waals surface area contributed by atoms with E-state index < -0.39 is 0 Å². The fourth-order valence-electron chi connectivity index (χ4n) is 1.87. The predicted molar refractivity (Wildman–Crippen MR) is 74.6 cm³/mol. The van der Waals surface area contributed by atoms with Crippen molar-refractivity contribution in [1.82, 2.24) is 0 Å². The number of benzene rings is 2. The molecule has 0 fully saturated rings. The summed E-state index contributed by atoms with van der Waals surface area (Å²) in [4.78, 5) is 0. The van der Waals surface area contributed by atoms with E-state index in [1.807, 2.05) is 25.1 Å². The number of hydrogen-bond donors (Lipinski definition) is 1. The average Bonchev–Trinajstić information content (AvgIpc) is 2.35. The lowest BCUT2D eigenvalue weighted by molar-refractivity contribution is 0.626. The fourth-order valence-corrected chi connectivity index (χ4v) is 2.12. The summed E-state index contributed by atoms with van der Waals surface area (Å²) in [7, 11) is 0. The number of nitrogens with zero attached hydrogens (tertiary/aromatic N) is 1. The van der Waals surface area contributed by atoms with Gasteiger partial charge in [-0.1, -0.05) is 23.7 Å². The molecule has 0 spiro atoms. The van der Waals surface area contributed by atoms with Gasteiger partial charge in [-0.3, -0.25) is 0 Å². The van der Waals surface area contributed by atoms with E-state index in [0.29, 0.717) is 17.1 Å². The van der Waals surface area contributed by atoms with Gasteiger partial charge in [-0.25, -0.2) is 4.39 Å². The van der Waals surface area contributed by atoms with Crippen LogP contribution in [-0.4, -0.2) is 0 Å². The van der Waals surface area contributed by atoms with E-state index in [0.717, 1.165) is 16.8 Å². The smallest absolute Gasteiger partial charge is 0.125 e. The van der Waals surface area contributed by atoms with E-state index >= 15 is 0 Å². The Bertz CT molecular complexity index is 627. The summed E-state index contributed by atoms with van der Waals surface area (Å²) in [5.41, 5.74) is 2.98. The van der Waals surface area contributed by atoms with Crippen LogP contribution in [-0.2, 0) is 6.54 Å². The number of hydrogen-bond acceptors (Lipinski definition) is 2. The number of anilines is 1. The maximum Gasteiger partial charge on any atom is 0.125 e. The van der Waals surface area contributed by atoms with E-state index in [1.165, 1.54) is 12.1 Å². The first-order valence-corrected chi connectivity index (χ1v) is 6.16. The molecule has 0 aromatic heterocycles. The van der Waals surface area contributed by atoms with Crippen molar-refractivity contribution >= 4 is 17.3 Å². The molecular formula is C15H12ClFN2. The van der Waals surface area contributed by atoms with Gasteiger partial charge in [0, 0.05) is 11.6 Å². The molecule has 0 saturated carbocycles. The van der Waals surface area contributed by atoms with Crippen LogP contribution in [0.15, 0.2) is 36.4 Å². The first-order chi connectivity index (χ1) is 9.10. The van der Waals surface area contributed by atoms with E-state index in [2.05, 4.69) is 11.4 Å². The van der Waals surface area contributed by atoms with Gasteiger partial charge in [0.05, 0.1) is 11.3 Å². The van der Waals surface area contributed by atoms with Gasteiger partial charge in [-0.2, -0.15) is 5.26 Å². The lowest BCUT2D eigenvalue weighted by Gasteiger charge is -2.10. The van der Waals surface area contributed by atoms with Crippen LogP contribution in [0.1, 0.15) is 16.7 Å². The molecule has 0 aliphatic rings. The molecule has 2 aromatic carbocycles. The van der Waals surface area contributed by atoms with Crippen LogP contribution in [0.25, 0.3) is 0 Å². The second kappa shape index (κ2) is 5.73. The SMILES string of the molecule is Cc1cccc(NCc2cc(F)cc(Cl)c2)c1C#N. The molecule has 96 valence electrons. The summed E-state index contributed by atoms with van der Waals surface area (Å²) in [6.07, 6.45) is 0. The second-order valence-corrected chi connectivity index (χ2v) is 4.68. The zero-order chi connectivity index (χ0) is 13.8. The zero-order valence-corrected chi connectivity index (χ0v) is 11.1. The Morgan fingerprint density at radius 1 is 1.32 bits per heavy atom. The van der Waals surface area contributed by atoms with Crippen molar-refractivity contribution in [2.45, 2.75) is 13.5 Å². The molecule has 0 heterocycles. The number of nitrogens with one attached hydrogen (secondary N) is 1. The monoisotopic (exact) mass is 274 g/mol. The third-order valence-corrected chi connectivity index (χ3v) is 3.01. The van der Waals surface area contributed by atoms with Crippen molar-refractivity contribution in [3.8, 4) is 6.07 Å². The molecule has 2 rings (SSSR count). The molecule has 0 unspecified atom stereocenters. The summed E-state index contributed by atoms with van der Waals surface area (Å²) in [6.45, 7) is 2.29.